The molecule has 0 saturated heterocycles. The number of fused-ring (bicyclic) bond motifs is 2. The van der Waals surface area contributed by atoms with Crippen LogP contribution in [0.15, 0.2) is 23.7 Å². The van der Waals surface area contributed by atoms with Gasteiger partial charge in [-0.2, -0.15) is 5.10 Å². The normalized spacial score (nSPS) is 16.7. The third-order valence-electron chi connectivity index (χ3n) is 4.79. The van der Waals surface area contributed by atoms with E-state index < -0.39 is 12.0 Å². The van der Waals surface area contributed by atoms with Crippen LogP contribution in [0.3, 0.4) is 0 Å². The minimum atomic E-state index is -1.01. The molecule has 0 radical (unpaired) electrons. The summed E-state index contributed by atoms with van der Waals surface area (Å²) in [4.78, 5) is 31.8. The molecular formula is C18H18N4O3S. The summed E-state index contributed by atoms with van der Waals surface area (Å²) in [6, 6.07) is 2.76. The van der Waals surface area contributed by atoms with Gasteiger partial charge in [0.2, 0.25) is 0 Å². The zero-order valence-electron chi connectivity index (χ0n) is 14.5. The summed E-state index contributed by atoms with van der Waals surface area (Å²) in [6.45, 7) is 4.82. The van der Waals surface area contributed by atoms with Gasteiger partial charge in [-0.3, -0.25) is 4.79 Å². The van der Waals surface area contributed by atoms with E-state index in [1.54, 1.807) is 23.9 Å². The van der Waals surface area contributed by atoms with E-state index >= 15 is 0 Å². The second-order valence-electron chi connectivity index (χ2n) is 6.29. The van der Waals surface area contributed by atoms with Gasteiger partial charge in [0, 0.05) is 23.4 Å². The van der Waals surface area contributed by atoms with Crippen LogP contribution in [0.5, 0.6) is 0 Å². The van der Waals surface area contributed by atoms with Crippen molar-refractivity contribution >= 4 is 34.2 Å². The van der Waals surface area contributed by atoms with Crippen molar-refractivity contribution in [2.45, 2.75) is 32.9 Å². The topological polar surface area (TPSA) is 88.3 Å². The summed E-state index contributed by atoms with van der Waals surface area (Å²) in [6.07, 6.45) is 2.35. The van der Waals surface area contributed by atoms with Gasteiger partial charge in [0.15, 0.2) is 11.7 Å². The van der Waals surface area contributed by atoms with Crippen LogP contribution in [0.4, 0.5) is 0 Å². The van der Waals surface area contributed by atoms with Crippen molar-refractivity contribution in [1.29, 1.82) is 0 Å². The number of hydrogen-bond donors (Lipinski definition) is 1. The fourth-order valence-corrected chi connectivity index (χ4v) is 4.53. The molecule has 26 heavy (non-hydrogen) atoms. The lowest BCUT2D eigenvalue weighted by Gasteiger charge is -2.33. The second-order valence-corrected chi connectivity index (χ2v) is 7.24. The summed E-state index contributed by atoms with van der Waals surface area (Å²) in [5, 5.41) is 16.7. The average molecular weight is 370 g/mol. The lowest BCUT2D eigenvalue weighted by Crippen LogP contribution is -2.43. The highest BCUT2D eigenvalue weighted by atomic mass is 32.1. The van der Waals surface area contributed by atoms with Crippen LogP contribution in [-0.4, -0.2) is 43.2 Å². The number of nitrogens with zero attached hydrogens (tertiary/aromatic N) is 4. The molecule has 0 saturated carbocycles. The molecule has 0 fully saturated rings. The summed E-state index contributed by atoms with van der Waals surface area (Å²) >= 11 is 1.39. The van der Waals surface area contributed by atoms with Crippen LogP contribution >= 0.6 is 11.3 Å². The van der Waals surface area contributed by atoms with Gasteiger partial charge in [0.25, 0.3) is 5.91 Å². The Hall–Kier alpha value is -2.74. The first-order valence-electron chi connectivity index (χ1n) is 8.44. The SMILES string of the molecule is CCn1ncc2cc(C(=O)N3CCc4ccsc4C3C(=O)O)c(C)nc21. The molecular weight excluding hydrogens is 352 g/mol. The number of aliphatic carboxylic acids is 1. The first-order chi connectivity index (χ1) is 12.5. The van der Waals surface area contributed by atoms with Crippen molar-refractivity contribution in [3.63, 3.8) is 0 Å². The number of thiophene rings is 1. The maximum atomic E-state index is 13.2. The maximum absolute atomic E-state index is 13.2. The van der Waals surface area contributed by atoms with Gasteiger partial charge in [-0.05, 0) is 43.3 Å². The Kier molecular flexibility index (Phi) is 3.99. The van der Waals surface area contributed by atoms with Gasteiger partial charge in [-0.1, -0.05) is 0 Å². The molecule has 134 valence electrons. The van der Waals surface area contributed by atoms with E-state index in [0.717, 1.165) is 21.5 Å². The molecule has 4 rings (SSSR count). The standard InChI is InChI=1S/C18H18N4O3S/c1-3-22-16-12(9-19-22)8-13(10(2)20-16)17(23)21-6-4-11-5-7-26-15(11)14(21)18(24)25/h5,7-9,14H,3-4,6H2,1-2H3,(H,24,25). The molecule has 0 aromatic carbocycles. The number of carbonyl (C=O) groups is 2. The van der Waals surface area contributed by atoms with Crippen LogP contribution in [0.25, 0.3) is 11.0 Å². The number of hydrogen-bond acceptors (Lipinski definition) is 5. The van der Waals surface area contributed by atoms with Gasteiger partial charge < -0.3 is 10.0 Å². The Morgan fingerprint density at radius 2 is 2.23 bits per heavy atom. The smallest absolute Gasteiger partial charge is 0.331 e. The van der Waals surface area contributed by atoms with E-state index in [2.05, 4.69) is 10.1 Å². The quantitative estimate of drug-likeness (QED) is 0.766. The molecule has 0 aliphatic carbocycles. The van der Waals surface area contributed by atoms with Crippen molar-refractivity contribution in [3.8, 4) is 0 Å². The number of pyridine rings is 1. The molecule has 1 unspecified atom stereocenters. The number of amides is 1. The van der Waals surface area contributed by atoms with Crippen molar-refractivity contribution in [2.75, 3.05) is 6.54 Å². The Labute approximate surface area is 153 Å². The van der Waals surface area contributed by atoms with E-state index in [0.29, 0.717) is 30.8 Å². The second kappa shape index (κ2) is 6.21. The van der Waals surface area contributed by atoms with E-state index in [4.69, 9.17) is 0 Å². The van der Waals surface area contributed by atoms with E-state index in [9.17, 15) is 14.7 Å². The summed E-state index contributed by atoms with van der Waals surface area (Å²) in [5.41, 5.74) is 2.76. The highest BCUT2D eigenvalue weighted by molar-refractivity contribution is 7.10. The van der Waals surface area contributed by atoms with E-state index in [-0.39, 0.29) is 5.91 Å². The predicted molar refractivity (Wildman–Crippen MR) is 97.4 cm³/mol. The summed E-state index contributed by atoms with van der Waals surface area (Å²) < 4.78 is 1.77. The minimum Gasteiger partial charge on any atom is -0.479 e. The molecule has 4 heterocycles. The molecule has 0 bridgehead atoms. The van der Waals surface area contributed by atoms with E-state index in [1.807, 2.05) is 18.4 Å². The lowest BCUT2D eigenvalue weighted by molar-refractivity contribution is -0.142. The molecule has 7 nitrogen and oxygen atoms in total. The van der Waals surface area contributed by atoms with E-state index in [1.165, 1.54) is 16.2 Å². The maximum Gasteiger partial charge on any atom is 0.331 e. The number of aromatic nitrogens is 3. The molecule has 0 spiro atoms. The number of aryl methyl sites for hydroxylation is 2. The predicted octanol–water partition coefficient (Wildman–Crippen LogP) is 2.65. The third kappa shape index (κ3) is 2.48. The van der Waals surface area contributed by atoms with Gasteiger partial charge in [-0.15, -0.1) is 11.3 Å². The number of carboxylic acids is 1. The largest absolute Gasteiger partial charge is 0.479 e. The van der Waals surface area contributed by atoms with Crippen molar-refractivity contribution in [2.24, 2.45) is 0 Å². The highest BCUT2D eigenvalue weighted by Gasteiger charge is 2.37. The van der Waals surface area contributed by atoms with Gasteiger partial charge in [0.05, 0.1) is 17.5 Å². The highest BCUT2D eigenvalue weighted by Crippen LogP contribution is 2.35. The summed E-state index contributed by atoms with van der Waals surface area (Å²) in [5.74, 6) is -1.31. The molecule has 1 N–H and O–H groups in total. The molecule has 1 atom stereocenters. The van der Waals surface area contributed by atoms with Gasteiger partial charge in [-0.25, -0.2) is 14.5 Å². The van der Waals surface area contributed by atoms with Crippen molar-refractivity contribution < 1.29 is 14.7 Å². The summed E-state index contributed by atoms with van der Waals surface area (Å²) in [7, 11) is 0. The fourth-order valence-electron chi connectivity index (χ4n) is 3.47. The van der Waals surface area contributed by atoms with Gasteiger partial charge >= 0.3 is 5.97 Å². The minimum absolute atomic E-state index is 0.299. The molecule has 1 aliphatic rings. The molecule has 3 aromatic heterocycles. The van der Waals surface area contributed by atoms with Crippen LogP contribution in [0.1, 0.15) is 39.5 Å². The van der Waals surface area contributed by atoms with Crippen LogP contribution < -0.4 is 0 Å². The third-order valence-corrected chi connectivity index (χ3v) is 5.80. The van der Waals surface area contributed by atoms with Crippen molar-refractivity contribution in [3.05, 3.63) is 45.4 Å². The zero-order chi connectivity index (χ0) is 18.4. The Morgan fingerprint density at radius 1 is 1.42 bits per heavy atom. The van der Waals surface area contributed by atoms with Crippen LogP contribution in [-0.2, 0) is 17.8 Å². The monoisotopic (exact) mass is 370 g/mol. The molecule has 8 heteroatoms. The van der Waals surface area contributed by atoms with Gasteiger partial charge in [0.1, 0.15) is 0 Å². The van der Waals surface area contributed by atoms with Crippen molar-refractivity contribution in [1.82, 2.24) is 19.7 Å². The molecule has 1 amide bonds. The number of carbonyl (C=O) groups excluding carboxylic acids is 1. The van der Waals surface area contributed by atoms with Crippen LogP contribution in [0, 0.1) is 6.92 Å². The first-order valence-corrected chi connectivity index (χ1v) is 9.32. The Bertz CT molecular complexity index is 1020. The average Bonchev–Trinajstić information content (AvgIpc) is 3.25. The zero-order valence-corrected chi connectivity index (χ0v) is 15.3. The molecule has 1 aliphatic heterocycles. The first kappa shape index (κ1) is 16.7. The molecule has 3 aromatic rings. The number of carboxylic acid groups (broad SMARTS) is 1. The fraction of sp³-hybridized carbons (Fsp3) is 0.333. The Balaban J connectivity index is 1.76. The Morgan fingerprint density at radius 3 is 2.96 bits per heavy atom. The lowest BCUT2D eigenvalue weighted by atomic mass is 10.00. The van der Waals surface area contributed by atoms with Crippen LogP contribution in [0.2, 0.25) is 0 Å². The number of rotatable bonds is 3.